The van der Waals surface area contributed by atoms with E-state index in [1.54, 1.807) is 35.2 Å². The number of rotatable bonds is 4. The first-order valence-corrected chi connectivity index (χ1v) is 7.61. The highest BCUT2D eigenvalue weighted by Gasteiger charge is 2.31. The molecule has 1 aromatic heterocycles. The lowest BCUT2D eigenvalue weighted by Gasteiger charge is -2.18. The molecule has 2 amide bonds. The van der Waals surface area contributed by atoms with Gasteiger partial charge in [0.05, 0.1) is 17.2 Å². The number of nitrogens with two attached hydrogens (primary N) is 1. The van der Waals surface area contributed by atoms with Gasteiger partial charge in [-0.1, -0.05) is 12.1 Å². The summed E-state index contributed by atoms with van der Waals surface area (Å²) in [4.78, 5) is 29.7. The van der Waals surface area contributed by atoms with Crippen molar-refractivity contribution in [2.24, 2.45) is 11.7 Å². The minimum atomic E-state index is -0.434. The molecule has 7 heteroatoms. The Bertz CT molecular complexity index is 781. The molecule has 1 aliphatic heterocycles. The van der Waals surface area contributed by atoms with Gasteiger partial charge in [-0.05, 0) is 30.7 Å². The van der Waals surface area contributed by atoms with E-state index in [0.29, 0.717) is 25.1 Å². The number of nitrogens with zero attached hydrogens (tertiary/aromatic N) is 2. The van der Waals surface area contributed by atoms with Crippen LogP contribution in [0.2, 0.25) is 0 Å². The van der Waals surface area contributed by atoms with Crippen molar-refractivity contribution in [1.29, 1.82) is 0 Å². The van der Waals surface area contributed by atoms with Crippen LogP contribution in [0.15, 0.2) is 42.6 Å². The summed E-state index contributed by atoms with van der Waals surface area (Å²) in [6.07, 6.45) is 2.08. The van der Waals surface area contributed by atoms with Crippen molar-refractivity contribution in [3.8, 4) is 0 Å². The highest BCUT2D eigenvalue weighted by atomic mass is 19.1. The Hall–Kier alpha value is -2.96. The summed E-state index contributed by atoms with van der Waals surface area (Å²) in [6, 6.07) is 9.42. The van der Waals surface area contributed by atoms with Gasteiger partial charge in [-0.15, -0.1) is 0 Å². The molecule has 2 aromatic rings. The van der Waals surface area contributed by atoms with Crippen LogP contribution in [0, 0.1) is 11.7 Å². The van der Waals surface area contributed by atoms with Crippen LogP contribution in [0.1, 0.15) is 16.8 Å². The number of likely N-dealkylation sites (tertiary alicyclic amines) is 1. The lowest BCUT2D eigenvalue weighted by atomic mass is 10.1. The number of anilines is 2. The maximum atomic E-state index is 13.8. The molecule has 3 rings (SSSR count). The van der Waals surface area contributed by atoms with E-state index >= 15 is 0 Å². The van der Waals surface area contributed by atoms with Crippen molar-refractivity contribution >= 4 is 23.3 Å². The number of carbonyl (C=O) groups excluding carboxylic acids is 2. The Labute approximate surface area is 138 Å². The first-order valence-electron chi connectivity index (χ1n) is 7.61. The monoisotopic (exact) mass is 328 g/mol. The van der Waals surface area contributed by atoms with E-state index < -0.39 is 11.7 Å². The third-order valence-corrected chi connectivity index (χ3v) is 4.04. The summed E-state index contributed by atoms with van der Waals surface area (Å²) in [5.41, 5.74) is 5.87. The van der Waals surface area contributed by atoms with Crippen LogP contribution in [0.4, 0.5) is 15.9 Å². The molecule has 0 radical (unpaired) electrons. The van der Waals surface area contributed by atoms with E-state index in [1.807, 2.05) is 0 Å². The first-order chi connectivity index (χ1) is 11.6. The number of carbonyl (C=O) groups is 2. The topological polar surface area (TPSA) is 88.3 Å². The van der Waals surface area contributed by atoms with Gasteiger partial charge in [0.25, 0.3) is 5.91 Å². The SMILES string of the molecule is NC(=O)[C@@H]1CCN(C(=O)c2cccnc2Nc2ccccc2F)C1. The number of benzene rings is 1. The van der Waals surface area contributed by atoms with E-state index in [0.717, 1.165) is 0 Å². The van der Waals surface area contributed by atoms with Gasteiger partial charge >= 0.3 is 0 Å². The van der Waals surface area contributed by atoms with E-state index in [-0.39, 0.29) is 23.3 Å². The molecule has 3 N–H and O–H groups in total. The van der Waals surface area contributed by atoms with Crippen molar-refractivity contribution in [1.82, 2.24) is 9.88 Å². The predicted molar refractivity (Wildman–Crippen MR) is 87.1 cm³/mol. The highest BCUT2D eigenvalue weighted by Crippen LogP contribution is 2.24. The van der Waals surface area contributed by atoms with Crippen LogP contribution in [0.5, 0.6) is 0 Å². The number of amides is 2. The fourth-order valence-corrected chi connectivity index (χ4v) is 2.71. The van der Waals surface area contributed by atoms with Crippen molar-refractivity contribution in [2.75, 3.05) is 18.4 Å². The maximum absolute atomic E-state index is 13.8. The molecule has 1 atom stereocenters. The number of hydrogen-bond acceptors (Lipinski definition) is 4. The summed E-state index contributed by atoms with van der Waals surface area (Å²) >= 11 is 0. The van der Waals surface area contributed by atoms with E-state index in [1.165, 1.54) is 12.3 Å². The first kappa shape index (κ1) is 15.9. The van der Waals surface area contributed by atoms with Crippen LogP contribution in [0.25, 0.3) is 0 Å². The quantitative estimate of drug-likeness (QED) is 0.897. The second-order valence-electron chi connectivity index (χ2n) is 5.64. The number of nitrogens with one attached hydrogen (secondary N) is 1. The molecule has 0 aliphatic carbocycles. The fourth-order valence-electron chi connectivity index (χ4n) is 2.71. The maximum Gasteiger partial charge on any atom is 0.257 e. The Kier molecular flexibility index (Phi) is 4.41. The average Bonchev–Trinajstić information content (AvgIpc) is 3.07. The fraction of sp³-hybridized carbons (Fsp3) is 0.235. The Morgan fingerprint density at radius 2 is 2.04 bits per heavy atom. The average molecular weight is 328 g/mol. The predicted octanol–water partition coefficient (Wildman–Crippen LogP) is 1.91. The Morgan fingerprint density at radius 3 is 2.75 bits per heavy atom. The minimum Gasteiger partial charge on any atom is -0.369 e. The molecule has 0 unspecified atom stereocenters. The van der Waals surface area contributed by atoms with E-state index in [2.05, 4.69) is 10.3 Å². The van der Waals surface area contributed by atoms with Crippen molar-refractivity contribution < 1.29 is 14.0 Å². The molecule has 2 heterocycles. The summed E-state index contributed by atoms with van der Waals surface area (Å²) in [6.45, 7) is 0.753. The number of halogens is 1. The van der Waals surface area contributed by atoms with Crippen LogP contribution in [-0.4, -0.2) is 34.8 Å². The highest BCUT2D eigenvalue weighted by molar-refractivity contribution is 5.99. The second-order valence-corrected chi connectivity index (χ2v) is 5.64. The number of aromatic nitrogens is 1. The lowest BCUT2D eigenvalue weighted by molar-refractivity contribution is -0.121. The third-order valence-electron chi connectivity index (χ3n) is 4.04. The van der Waals surface area contributed by atoms with Crippen LogP contribution in [-0.2, 0) is 4.79 Å². The number of pyridine rings is 1. The van der Waals surface area contributed by atoms with Crippen molar-refractivity contribution in [3.63, 3.8) is 0 Å². The summed E-state index contributed by atoms with van der Waals surface area (Å²) in [5.74, 6) is -1.15. The zero-order valence-electron chi connectivity index (χ0n) is 12.9. The van der Waals surface area contributed by atoms with Gasteiger partial charge < -0.3 is 16.0 Å². The molecule has 124 valence electrons. The molecule has 0 spiro atoms. The van der Waals surface area contributed by atoms with Crippen LogP contribution < -0.4 is 11.1 Å². The van der Waals surface area contributed by atoms with Crippen LogP contribution in [0.3, 0.4) is 0 Å². The van der Waals surface area contributed by atoms with Crippen LogP contribution >= 0.6 is 0 Å². The zero-order valence-corrected chi connectivity index (χ0v) is 12.9. The van der Waals surface area contributed by atoms with E-state index in [4.69, 9.17) is 5.73 Å². The third kappa shape index (κ3) is 3.19. The molecule has 1 saturated heterocycles. The molecule has 1 aliphatic rings. The van der Waals surface area contributed by atoms with Gasteiger partial charge in [0, 0.05) is 19.3 Å². The van der Waals surface area contributed by atoms with Gasteiger partial charge in [-0.3, -0.25) is 9.59 Å². The molecule has 1 fully saturated rings. The number of para-hydroxylation sites is 1. The summed E-state index contributed by atoms with van der Waals surface area (Å²) < 4.78 is 13.8. The second kappa shape index (κ2) is 6.66. The lowest BCUT2D eigenvalue weighted by Crippen LogP contribution is -2.32. The largest absolute Gasteiger partial charge is 0.369 e. The summed E-state index contributed by atoms with van der Waals surface area (Å²) in [7, 11) is 0. The normalized spacial score (nSPS) is 16.9. The van der Waals surface area contributed by atoms with Gasteiger partial charge in [0.2, 0.25) is 5.91 Å². The molecule has 1 aromatic carbocycles. The van der Waals surface area contributed by atoms with Crippen molar-refractivity contribution in [2.45, 2.75) is 6.42 Å². The molecule has 6 nitrogen and oxygen atoms in total. The minimum absolute atomic E-state index is 0.238. The Morgan fingerprint density at radius 1 is 1.25 bits per heavy atom. The Balaban J connectivity index is 1.83. The van der Waals surface area contributed by atoms with Gasteiger partial charge in [0.15, 0.2) is 0 Å². The zero-order chi connectivity index (χ0) is 17.1. The molecular formula is C17H17FN4O2. The smallest absolute Gasteiger partial charge is 0.257 e. The van der Waals surface area contributed by atoms with Crippen molar-refractivity contribution in [3.05, 3.63) is 54.0 Å². The molecular weight excluding hydrogens is 311 g/mol. The van der Waals surface area contributed by atoms with Gasteiger partial charge in [-0.25, -0.2) is 9.37 Å². The standard InChI is InChI=1S/C17H17FN4O2/c18-13-5-1-2-6-14(13)21-16-12(4-3-8-20-16)17(24)22-9-7-11(10-22)15(19)23/h1-6,8,11H,7,9-10H2,(H2,19,23)(H,20,21)/t11-/m1/s1. The molecule has 24 heavy (non-hydrogen) atoms. The number of hydrogen-bond donors (Lipinski definition) is 2. The molecule has 0 bridgehead atoms. The van der Waals surface area contributed by atoms with Gasteiger partial charge in [-0.2, -0.15) is 0 Å². The summed E-state index contributed by atoms with van der Waals surface area (Å²) in [5, 5.41) is 2.85. The van der Waals surface area contributed by atoms with E-state index in [9.17, 15) is 14.0 Å². The van der Waals surface area contributed by atoms with Gasteiger partial charge in [0.1, 0.15) is 11.6 Å². The number of primary amides is 1. The molecule has 0 saturated carbocycles.